The minimum atomic E-state index is -0.484. The minimum absolute atomic E-state index is 0.228. The highest BCUT2D eigenvalue weighted by atomic mass is 16.5. The Labute approximate surface area is 122 Å². The van der Waals surface area contributed by atoms with Gasteiger partial charge in [0.15, 0.2) is 5.69 Å². The van der Waals surface area contributed by atoms with Crippen LogP contribution in [0.25, 0.3) is 0 Å². The number of aryl methyl sites for hydroxylation is 1. The maximum Gasteiger partial charge on any atom is 0.359 e. The van der Waals surface area contributed by atoms with E-state index in [-0.39, 0.29) is 18.7 Å². The molecule has 2 N–H and O–H groups in total. The summed E-state index contributed by atoms with van der Waals surface area (Å²) >= 11 is 0. The van der Waals surface area contributed by atoms with Gasteiger partial charge in [0.2, 0.25) is 0 Å². The maximum absolute atomic E-state index is 11.9. The van der Waals surface area contributed by atoms with Crippen molar-refractivity contribution in [2.75, 3.05) is 6.61 Å². The van der Waals surface area contributed by atoms with Gasteiger partial charge in [-0.15, -0.1) is 0 Å². The van der Waals surface area contributed by atoms with Gasteiger partial charge in [-0.2, -0.15) is 5.10 Å². The Morgan fingerprint density at radius 2 is 2.10 bits per heavy atom. The van der Waals surface area contributed by atoms with Crippen LogP contribution in [0.15, 0.2) is 35.5 Å². The second kappa shape index (κ2) is 6.69. The Morgan fingerprint density at radius 3 is 2.71 bits per heavy atom. The zero-order valence-corrected chi connectivity index (χ0v) is 12.0. The predicted molar refractivity (Wildman–Crippen MR) is 77.8 cm³/mol. The van der Waals surface area contributed by atoms with Crippen LogP contribution in [0, 0.1) is 6.92 Å². The molecule has 0 bridgehead atoms. The third-order valence-corrected chi connectivity index (χ3v) is 3.11. The lowest BCUT2D eigenvalue weighted by Gasteiger charge is -2.06. The number of carbonyl (C=O) groups excluding carboxylic acids is 1. The number of rotatable bonds is 5. The zero-order valence-electron chi connectivity index (χ0n) is 12.0. The van der Waals surface area contributed by atoms with E-state index in [0.717, 1.165) is 11.3 Å². The molecule has 0 spiro atoms. The molecule has 0 saturated carbocycles. The first-order valence-electron chi connectivity index (χ1n) is 6.64. The minimum Gasteiger partial charge on any atom is -0.461 e. The summed E-state index contributed by atoms with van der Waals surface area (Å²) in [6.45, 7) is 3.83. The lowest BCUT2D eigenvalue weighted by molar-refractivity contribution is 0.0518. The summed E-state index contributed by atoms with van der Waals surface area (Å²) in [7, 11) is 0. The second-order valence-corrected chi connectivity index (χ2v) is 4.49. The average Bonchev–Trinajstić information content (AvgIpc) is 2.87. The number of hydrogen-bond donors (Lipinski definition) is 2. The molecule has 0 fully saturated rings. The van der Waals surface area contributed by atoms with Gasteiger partial charge in [0.25, 0.3) is 0 Å². The van der Waals surface area contributed by atoms with Crippen molar-refractivity contribution >= 4 is 11.7 Å². The smallest absolute Gasteiger partial charge is 0.359 e. The molecule has 0 unspecified atom stereocenters. The summed E-state index contributed by atoms with van der Waals surface area (Å²) in [5, 5.41) is 19.3. The molecule has 2 aromatic rings. The Kier molecular flexibility index (Phi) is 4.71. The van der Waals surface area contributed by atoms with Gasteiger partial charge in [-0.3, -0.25) is 5.10 Å². The summed E-state index contributed by atoms with van der Waals surface area (Å²) < 4.78 is 4.98. The van der Waals surface area contributed by atoms with Crippen molar-refractivity contribution in [3.63, 3.8) is 0 Å². The highest BCUT2D eigenvalue weighted by molar-refractivity contribution is 6.03. The normalized spacial score (nSPS) is 11.4. The van der Waals surface area contributed by atoms with Gasteiger partial charge in [-0.25, -0.2) is 4.79 Å². The first kappa shape index (κ1) is 14.8. The molecule has 1 aromatic heterocycles. The first-order valence-corrected chi connectivity index (χ1v) is 6.64. The Morgan fingerprint density at radius 1 is 1.38 bits per heavy atom. The van der Waals surface area contributed by atoms with Crippen molar-refractivity contribution < 1.29 is 14.7 Å². The Balaban J connectivity index is 2.31. The molecule has 21 heavy (non-hydrogen) atoms. The van der Waals surface area contributed by atoms with E-state index in [1.54, 1.807) is 6.92 Å². The molecule has 6 nitrogen and oxygen atoms in total. The molecule has 1 aromatic carbocycles. The van der Waals surface area contributed by atoms with Crippen molar-refractivity contribution in [1.29, 1.82) is 0 Å². The third-order valence-electron chi connectivity index (χ3n) is 3.11. The monoisotopic (exact) mass is 287 g/mol. The number of hydrogen-bond acceptors (Lipinski definition) is 5. The van der Waals surface area contributed by atoms with E-state index in [2.05, 4.69) is 15.4 Å². The Hall–Kier alpha value is -2.63. The van der Waals surface area contributed by atoms with E-state index in [4.69, 9.17) is 4.74 Å². The summed E-state index contributed by atoms with van der Waals surface area (Å²) in [6.07, 6.45) is 0.289. The molecule has 0 aliphatic heterocycles. The van der Waals surface area contributed by atoms with E-state index >= 15 is 0 Å². The van der Waals surface area contributed by atoms with Crippen molar-refractivity contribution in [3.05, 3.63) is 52.8 Å². The number of aromatic nitrogens is 2. The molecule has 0 radical (unpaired) electrons. The van der Waals surface area contributed by atoms with E-state index in [1.165, 1.54) is 0 Å². The number of nitrogens with one attached hydrogen (secondary N) is 1. The van der Waals surface area contributed by atoms with E-state index in [0.29, 0.717) is 11.3 Å². The van der Waals surface area contributed by atoms with Gasteiger partial charge in [-0.1, -0.05) is 35.5 Å². The fourth-order valence-electron chi connectivity index (χ4n) is 2.03. The van der Waals surface area contributed by atoms with Crippen molar-refractivity contribution in [3.8, 4) is 0 Å². The highest BCUT2D eigenvalue weighted by Gasteiger charge is 2.20. The molecule has 0 saturated heterocycles. The fourth-order valence-corrected chi connectivity index (χ4v) is 2.03. The van der Waals surface area contributed by atoms with Crippen LogP contribution in [0.3, 0.4) is 0 Å². The molecular formula is C15H17N3O3. The molecule has 6 heteroatoms. The fraction of sp³-hybridized carbons (Fsp3) is 0.267. The van der Waals surface area contributed by atoms with Gasteiger partial charge < -0.3 is 9.94 Å². The summed E-state index contributed by atoms with van der Waals surface area (Å²) in [5.74, 6) is -0.484. The van der Waals surface area contributed by atoms with Crippen molar-refractivity contribution in [2.45, 2.75) is 20.3 Å². The topological polar surface area (TPSA) is 87.6 Å². The predicted octanol–water partition coefficient (Wildman–Crippen LogP) is 2.32. The van der Waals surface area contributed by atoms with Crippen LogP contribution in [-0.4, -0.2) is 33.7 Å². The van der Waals surface area contributed by atoms with Crippen LogP contribution in [0.2, 0.25) is 0 Å². The second-order valence-electron chi connectivity index (χ2n) is 4.49. The number of esters is 1. The Bertz CT molecular complexity index is 647. The van der Waals surface area contributed by atoms with Crippen LogP contribution in [0.4, 0.5) is 0 Å². The summed E-state index contributed by atoms with van der Waals surface area (Å²) in [5.41, 5.74) is 2.90. The van der Waals surface area contributed by atoms with Crippen LogP contribution >= 0.6 is 0 Å². The van der Waals surface area contributed by atoms with E-state index < -0.39 is 5.97 Å². The molecule has 110 valence electrons. The summed E-state index contributed by atoms with van der Waals surface area (Å²) in [6, 6.07) is 9.28. The van der Waals surface area contributed by atoms with Gasteiger partial charge in [-0.05, 0) is 19.4 Å². The van der Waals surface area contributed by atoms with Gasteiger partial charge in [0.05, 0.1) is 12.3 Å². The highest BCUT2D eigenvalue weighted by Crippen LogP contribution is 2.16. The van der Waals surface area contributed by atoms with Crippen LogP contribution in [0.5, 0.6) is 0 Å². The number of nitrogens with zero attached hydrogens (tertiary/aromatic N) is 2. The standard InChI is InChI=1S/C15H17N3O3/c1-3-21-15(19)14-12(10(2)16-17-14)9-13(18-20)11-7-5-4-6-8-11/h4-8,20H,3,9H2,1-2H3,(H,16,17)/b18-13-. The van der Waals surface area contributed by atoms with Gasteiger partial charge in [0, 0.05) is 17.7 Å². The quantitative estimate of drug-likeness (QED) is 0.382. The van der Waals surface area contributed by atoms with Gasteiger partial charge in [0.1, 0.15) is 0 Å². The number of aromatic amines is 1. The van der Waals surface area contributed by atoms with Crippen LogP contribution < -0.4 is 0 Å². The molecule has 2 rings (SSSR count). The zero-order chi connectivity index (χ0) is 15.2. The molecular weight excluding hydrogens is 270 g/mol. The number of ether oxygens (including phenoxy) is 1. The van der Waals surface area contributed by atoms with Crippen LogP contribution in [-0.2, 0) is 11.2 Å². The lowest BCUT2D eigenvalue weighted by atomic mass is 10.0. The number of benzene rings is 1. The molecule has 0 aliphatic carbocycles. The molecule has 0 aliphatic rings. The SMILES string of the molecule is CCOC(=O)c1n[nH]c(C)c1C/C(=N/O)c1ccccc1. The third kappa shape index (κ3) is 3.28. The number of H-pyrrole nitrogens is 1. The first-order chi connectivity index (χ1) is 10.2. The largest absolute Gasteiger partial charge is 0.461 e. The van der Waals surface area contributed by atoms with Gasteiger partial charge >= 0.3 is 5.97 Å². The lowest BCUT2D eigenvalue weighted by Crippen LogP contribution is -2.12. The van der Waals surface area contributed by atoms with E-state index in [9.17, 15) is 10.0 Å². The van der Waals surface area contributed by atoms with Crippen molar-refractivity contribution in [1.82, 2.24) is 10.2 Å². The number of carbonyl (C=O) groups is 1. The van der Waals surface area contributed by atoms with E-state index in [1.807, 2.05) is 37.3 Å². The average molecular weight is 287 g/mol. The number of oxime groups is 1. The summed E-state index contributed by atoms with van der Waals surface area (Å²) in [4.78, 5) is 11.9. The molecule has 0 amide bonds. The van der Waals surface area contributed by atoms with Crippen LogP contribution in [0.1, 0.15) is 34.2 Å². The molecule has 1 heterocycles. The van der Waals surface area contributed by atoms with Crippen molar-refractivity contribution in [2.24, 2.45) is 5.16 Å². The molecule has 0 atom stereocenters. The maximum atomic E-state index is 11.9.